The van der Waals surface area contributed by atoms with E-state index in [9.17, 15) is 13.2 Å². The van der Waals surface area contributed by atoms with Crippen LogP contribution in [-0.4, -0.2) is 26.6 Å². The van der Waals surface area contributed by atoms with Crippen molar-refractivity contribution in [1.29, 1.82) is 0 Å². The first-order valence-corrected chi connectivity index (χ1v) is 8.65. The Balaban J connectivity index is 1.79. The molecular formula is C16H12ClF3N4OS. The molecular weight excluding hydrogens is 389 g/mol. The number of nitrogens with zero attached hydrogens (tertiary/aromatic N) is 4. The fourth-order valence-corrected chi connectivity index (χ4v) is 3.57. The van der Waals surface area contributed by atoms with Gasteiger partial charge in [-0.25, -0.2) is 0 Å². The highest BCUT2D eigenvalue weighted by Gasteiger charge is 2.31. The summed E-state index contributed by atoms with van der Waals surface area (Å²) >= 11 is 7.59. The van der Waals surface area contributed by atoms with Crippen molar-refractivity contribution in [2.75, 3.05) is 0 Å². The van der Waals surface area contributed by atoms with Gasteiger partial charge < -0.3 is 4.74 Å². The lowest BCUT2D eigenvalue weighted by Crippen LogP contribution is -2.17. The maximum absolute atomic E-state index is 12.2. The normalized spacial score (nSPS) is 12.8. The average Bonchev–Trinajstić information content (AvgIpc) is 3.02. The van der Waals surface area contributed by atoms with Gasteiger partial charge in [0, 0.05) is 10.3 Å². The summed E-state index contributed by atoms with van der Waals surface area (Å²) in [5, 5.41) is 12.6. The molecule has 0 N–H and O–H groups in total. The Morgan fingerprint density at radius 3 is 2.46 bits per heavy atom. The van der Waals surface area contributed by atoms with Crippen LogP contribution in [0.5, 0.6) is 5.75 Å². The van der Waals surface area contributed by atoms with Gasteiger partial charge in [0.05, 0.1) is 5.69 Å². The van der Waals surface area contributed by atoms with Crippen LogP contribution in [0.3, 0.4) is 0 Å². The molecule has 0 fully saturated rings. The summed E-state index contributed by atoms with van der Waals surface area (Å²) in [6.07, 6.45) is -4.73. The van der Waals surface area contributed by atoms with E-state index in [0.29, 0.717) is 15.9 Å². The lowest BCUT2D eigenvalue weighted by Gasteiger charge is -2.13. The number of hydrogen-bond donors (Lipinski definition) is 0. The molecule has 0 saturated carbocycles. The number of tetrazole rings is 1. The number of aromatic nitrogens is 4. The summed E-state index contributed by atoms with van der Waals surface area (Å²) in [4.78, 5) is 0. The van der Waals surface area contributed by atoms with E-state index in [0.717, 1.165) is 5.56 Å². The molecule has 0 aliphatic rings. The molecule has 3 aromatic rings. The summed E-state index contributed by atoms with van der Waals surface area (Å²) < 4.78 is 42.0. The third-order valence-electron chi connectivity index (χ3n) is 3.38. The monoisotopic (exact) mass is 400 g/mol. The molecule has 0 aliphatic carbocycles. The minimum absolute atomic E-state index is 0.0266. The largest absolute Gasteiger partial charge is 0.573 e. The zero-order valence-electron chi connectivity index (χ0n) is 13.3. The zero-order chi connectivity index (χ0) is 18.7. The molecule has 3 rings (SSSR count). The second-order valence-electron chi connectivity index (χ2n) is 5.20. The minimum atomic E-state index is -4.73. The number of rotatable bonds is 5. The average molecular weight is 401 g/mol. The summed E-state index contributed by atoms with van der Waals surface area (Å²) in [6, 6.07) is 12.8. The minimum Gasteiger partial charge on any atom is -0.406 e. The van der Waals surface area contributed by atoms with Crippen molar-refractivity contribution in [3.05, 3.63) is 59.1 Å². The van der Waals surface area contributed by atoms with E-state index < -0.39 is 6.36 Å². The van der Waals surface area contributed by atoms with Gasteiger partial charge in [-0.15, -0.1) is 18.3 Å². The molecule has 5 nitrogen and oxygen atoms in total. The van der Waals surface area contributed by atoms with Crippen LogP contribution in [0.4, 0.5) is 13.2 Å². The molecule has 26 heavy (non-hydrogen) atoms. The number of halogens is 4. The number of alkyl halides is 3. The fraction of sp³-hybridized carbons (Fsp3) is 0.188. The Hall–Kier alpha value is -2.26. The fourth-order valence-electron chi connectivity index (χ4n) is 2.23. The quantitative estimate of drug-likeness (QED) is 0.560. The van der Waals surface area contributed by atoms with Crippen LogP contribution in [0.1, 0.15) is 17.7 Å². The Morgan fingerprint density at radius 1 is 1.12 bits per heavy atom. The van der Waals surface area contributed by atoms with Crippen LogP contribution in [0.2, 0.25) is 5.02 Å². The van der Waals surface area contributed by atoms with Crippen molar-refractivity contribution in [1.82, 2.24) is 20.2 Å². The lowest BCUT2D eigenvalue weighted by molar-refractivity contribution is -0.274. The van der Waals surface area contributed by atoms with E-state index in [1.807, 2.05) is 25.1 Å². The second-order valence-corrected chi connectivity index (χ2v) is 6.91. The van der Waals surface area contributed by atoms with Gasteiger partial charge in [0.15, 0.2) is 0 Å². The highest BCUT2D eigenvalue weighted by atomic mass is 35.5. The van der Waals surface area contributed by atoms with E-state index in [4.69, 9.17) is 11.6 Å². The maximum Gasteiger partial charge on any atom is 0.573 e. The predicted octanol–water partition coefficient (Wildman–Crippen LogP) is 5.07. The molecule has 0 aliphatic heterocycles. The van der Waals surface area contributed by atoms with Crippen LogP contribution < -0.4 is 4.74 Å². The molecule has 0 unspecified atom stereocenters. The van der Waals surface area contributed by atoms with E-state index in [2.05, 4.69) is 20.3 Å². The van der Waals surface area contributed by atoms with Gasteiger partial charge in [0.25, 0.3) is 0 Å². The van der Waals surface area contributed by atoms with Gasteiger partial charge in [0.1, 0.15) is 5.75 Å². The van der Waals surface area contributed by atoms with Gasteiger partial charge in [-0.1, -0.05) is 41.6 Å². The van der Waals surface area contributed by atoms with Crippen molar-refractivity contribution in [2.24, 2.45) is 0 Å². The molecule has 1 heterocycles. The Labute approximate surface area is 156 Å². The lowest BCUT2D eigenvalue weighted by atomic mass is 10.2. The number of thioether (sulfide) groups is 1. The molecule has 2 aromatic carbocycles. The van der Waals surface area contributed by atoms with Crippen molar-refractivity contribution in [2.45, 2.75) is 23.7 Å². The Morgan fingerprint density at radius 2 is 1.81 bits per heavy atom. The van der Waals surface area contributed by atoms with Crippen molar-refractivity contribution < 1.29 is 17.9 Å². The SMILES string of the molecule is C[C@@H](Sc1nnnn1-c1ccc(OC(F)(F)F)cc1)c1ccccc1Cl. The van der Waals surface area contributed by atoms with Crippen molar-refractivity contribution >= 4 is 23.4 Å². The Kier molecular flexibility index (Phi) is 5.38. The van der Waals surface area contributed by atoms with Gasteiger partial charge >= 0.3 is 6.36 Å². The predicted molar refractivity (Wildman–Crippen MR) is 91.6 cm³/mol. The summed E-state index contributed by atoms with van der Waals surface area (Å²) in [5.41, 5.74) is 1.45. The van der Waals surface area contributed by atoms with Crippen LogP contribution in [0, 0.1) is 0 Å². The molecule has 0 amide bonds. The highest BCUT2D eigenvalue weighted by Crippen LogP contribution is 2.37. The van der Waals surface area contributed by atoms with E-state index in [1.165, 1.54) is 40.7 Å². The zero-order valence-corrected chi connectivity index (χ0v) is 14.9. The van der Waals surface area contributed by atoms with Gasteiger partial charge in [-0.3, -0.25) is 0 Å². The summed E-state index contributed by atoms with van der Waals surface area (Å²) in [5.74, 6) is -0.312. The Bertz CT molecular complexity index is 886. The number of hydrogen-bond acceptors (Lipinski definition) is 5. The molecule has 1 atom stereocenters. The number of ether oxygens (including phenoxy) is 1. The topological polar surface area (TPSA) is 52.8 Å². The molecule has 0 saturated heterocycles. The van der Waals surface area contributed by atoms with E-state index in [-0.39, 0.29) is 11.0 Å². The van der Waals surface area contributed by atoms with Crippen molar-refractivity contribution in [3.8, 4) is 11.4 Å². The van der Waals surface area contributed by atoms with Crippen LogP contribution in [0.15, 0.2) is 53.7 Å². The maximum atomic E-state index is 12.2. The first-order valence-electron chi connectivity index (χ1n) is 7.39. The van der Waals surface area contributed by atoms with E-state index >= 15 is 0 Å². The third-order valence-corrected chi connectivity index (χ3v) is 4.80. The highest BCUT2D eigenvalue weighted by molar-refractivity contribution is 7.99. The van der Waals surface area contributed by atoms with Gasteiger partial charge in [-0.2, -0.15) is 4.68 Å². The standard InChI is InChI=1S/C16H12ClF3N4OS/c1-10(13-4-2-3-5-14(13)17)26-15-21-22-23-24(15)11-6-8-12(9-7-11)25-16(18,19)20/h2-10H,1H3/t10-/m1/s1. The van der Waals surface area contributed by atoms with E-state index in [1.54, 1.807) is 6.07 Å². The summed E-state index contributed by atoms with van der Waals surface area (Å²) in [6.45, 7) is 1.96. The third kappa shape index (κ3) is 4.47. The first kappa shape index (κ1) is 18.5. The van der Waals surface area contributed by atoms with Gasteiger partial charge in [-0.05, 0) is 53.2 Å². The van der Waals surface area contributed by atoms with Crippen molar-refractivity contribution in [3.63, 3.8) is 0 Å². The number of benzene rings is 2. The summed E-state index contributed by atoms with van der Waals surface area (Å²) in [7, 11) is 0. The molecule has 0 spiro atoms. The molecule has 1 aromatic heterocycles. The van der Waals surface area contributed by atoms with Crippen LogP contribution in [-0.2, 0) is 0 Å². The smallest absolute Gasteiger partial charge is 0.406 e. The van der Waals surface area contributed by atoms with Crippen LogP contribution in [0.25, 0.3) is 5.69 Å². The van der Waals surface area contributed by atoms with Gasteiger partial charge in [0.2, 0.25) is 5.16 Å². The molecule has 136 valence electrons. The molecule has 0 radical (unpaired) electrons. The second kappa shape index (κ2) is 7.55. The molecule has 0 bridgehead atoms. The molecule has 10 heteroatoms. The van der Waals surface area contributed by atoms with Crippen LogP contribution >= 0.6 is 23.4 Å². The first-order chi connectivity index (χ1) is 12.3.